The Morgan fingerprint density at radius 1 is 1.11 bits per heavy atom. The van der Waals surface area contributed by atoms with Crippen molar-refractivity contribution in [2.24, 2.45) is 0 Å². The van der Waals surface area contributed by atoms with Crippen LogP contribution in [0.3, 0.4) is 0 Å². The fraction of sp³-hybridized carbons (Fsp3) is 0. The van der Waals surface area contributed by atoms with Crippen LogP contribution >= 0.6 is 23.2 Å². The van der Waals surface area contributed by atoms with E-state index in [4.69, 9.17) is 27.6 Å². The summed E-state index contributed by atoms with van der Waals surface area (Å²) in [6.07, 6.45) is 2.73. The lowest BCUT2D eigenvalue weighted by Crippen LogP contribution is -2.07. The average molecular weight is 405 g/mol. The molecule has 8 nitrogen and oxygen atoms in total. The zero-order valence-corrected chi connectivity index (χ0v) is 14.9. The number of carbonyl (C=O) groups is 1. The molecule has 136 valence electrons. The fourth-order valence-corrected chi connectivity index (χ4v) is 2.62. The molecule has 0 unspecified atom stereocenters. The van der Waals surface area contributed by atoms with Gasteiger partial charge in [0.15, 0.2) is 0 Å². The summed E-state index contributed by atoms with van der Waals surface area (Å²) in [6.45, 7) is 0. The molecular weight excluding hydrogens is 395 g/mol. The number of nitrogens with zero attached hydrogens (tertiary/aromatic N) is 3. The fourth-order valence-electron chi connectivity index (χ4n) is 2.09. The van der Waals surface area contributed by atoms with Gasteiger partial charge in [0.1, 0.15) is 0 Å². The van der Waals surface area contributed by atoms with Crippen molar-refractivity contribution in [3.8, 4) is 11.5 Å². The number of nitro groups is 1. The lowest BCUT2D eigenvalue weighted by molar-refractivity contribution is -0.384. The van der Waals surface area contributed by atoms with Crippen molar-refractivity contribution in [1.82, 2.24) is 10.2 Å². The topological polar surface area (TPSA) is 111 Å². The summed E-state index contributed by atoms with van der Waals surface area (Å²) in [5.74, 6) is -0.360. The summed E-state index contributed by atoms with van der Waals surface area (Å²) in [7, 11) is 0. The van der Waals surface area contributed by atoms with Crippen LogP contribution in [-0.4, -0.2) is 21.0 Å². The number of anilines is 1. The highest BCUT2D eigenvalue weighted by molar-refractivity contribution is 6.35. The molecule has 1 aromatic heterocycles. The summed E-state index contributed by atoms with van der Waals surface area (Å²) >= 11 is 11.9. The van der Waals surface area contributed by atoms with Gasteiger partial charge in [-0.05, 0) is 42.0 Å². The minimum atomic E-state index is -0.507. The maximum atomic E-state index is 11.9. The average Bonchev–Trinajstić information content (AvgIpc) is 3.08. The third-order valence-corrected chi connectivity index (χ3v) is 3.73. The molecule has 0 radical (unpaired) electrons. The van der Waals surface area contributed by atoms with Crippen LogP contribution in [0.5, 0.6) is 0 Å². The van der Waals surface area contributed by atoms with Gasteiger partial charge in [0.2, 0.25) is 5.89 Å². The Kier molecular flexibility index (Phi) is 5.49. The minimum Gasteiger partial charge on any atom is -0.403 e. The van der Waals surface area contributed by atoms with Crippen LogP contribution in [0.25, 0.3) is 17.5 Å². The molecule has 0 saturated heterocycles. The number of rotatable bonds is 5. The number of carbonyl (C=O) groups excluding carboxylic acids is 1. The highest BCUT2D eigenvalue weighted by Crippen LogP contribution is 2.27. The molecule has 3 rings (SSSR count). The second kappa shape index (κ2) is 7.98. The van der Waals surface area contributed by atoms with E-state index in [9.17, 15) is 14.9 Å². The van der Waals surface area contributed by atoms with Crippen LogP contribution in [0.15, 0.2) is 53.0 Å². The molecule has 2 aromatic carbocycles. The first-order valence-corrected chi connectivity index (χ1v) is 8.20. The molecule has 10 heteroatoms. The van der Waals surface area contributed by atoms with Gasteiger partial charge < -0.3 is 4.42 Å². The van der Waals surface area contributed by atoms with Crippen LogP contribution in [0, 0.1) is 10.1 Å². The van der Waals surface area contributed by atoms with Crippen molar-refractivity contribution in [3.05, 3.63) is 74.3 Å². The number of non-ortho nitro benzene ring substituents is 1. The molecule has 0 bridgehead atoms. The van der Waals surface area contributed by atoms with E-state index in [-0.39, 0.29) is 17.6 Å². The predicted octanol–water partition coefficient (Wildman–Crippen LogP) is 4.60. The number of benzene rings is 2. The number of halogens is 2. The summed E-state index contributed by atoms with van der Waals surface area (Å²) in [4.78, 5) is 22.0. The van der Waals surface area contributed by atoms with Crippen LogP contribution < -0.4 is 5.32 Å². The highest BCUT2D eigenvalue weighted by Gasteiger charge is 2.11. The number of aromatic nitrogens is 2. The first kappa shape index (κ1) is 18.6. The van der Waals surface area contributed by atoms with Gasteiger partial charge in [0.05, 0.1) is 4.92 Å². The van der Waals surface area contributed by atoms with Crippen LogP contribution in [-0.2, 0) is 4.79 Å². The van der Waals surface area contributed by atoms with Gasteiger partial charge in [-0.25, -0.2) is 0 Å². The van der Waals surface area contributed by atoms with Crippen LogP contribution in [0.4, 0.5) is 11.7 Å². The van der Waals surface area contributed by atoms with E-state index in [1.165, 1.54) is 36.4 Å². The van der Waals surface area contributed by atoms with Crippen LogP contribution in [0.1, 0.15) is 5.56 Å². The van der Waals surface area contributed by atoms with Crippen molar-refractivity contribution in [2.75, 3.05) is 5.32 Å². The molecule has 0 aliphatic rings. The molecule has 0 aliphatic carbocycles. The van der Waals surface area contributed by atoms with Gasteiger partial charge in [0, 0.05) is 33.8 Å². The third kappa shape index (κ3) is 4.90. The van der Waals surface area contributed by atoms with E-state index < -0.39 is 10.8 Å². The van der Waals surface area contributed by atoms with Crippen molar-refractivity contribution in [1.29, 1.82) is 0 Å². The van der Waals surface area contributed by atoms with Crippen LogP contribution in [0.2, 0.25) is 10.0 Å². The number of amides is 1. The Labute approximate surface area is 162 Å². The number of hydrogen-bond donors (Lipinski definition) is 1. The quantitative estimate of drug-likeness (QED) is 0.377. The first-order valence-electron chi connectivity index (χ1n) is 7.44. The number of hydrogen-bond acceptors (Lipinski definition) is 6. The Balaban J connectivity index is 1.66. The van der Waals surface area contributed by atoms with Gasteiger partial charge in [-0.15, -0.1) is 5.10 Å². The summed E-state index contributed by atoms with van der Waals surface area (Å²) in [6, 6.07) is 10.4. The molecule has 1 amide bonds. The second-order valence-electron chi connectivity index (χ2n) is 5.24. The Morgan fingerprint density at radius 3 is 2.41 bits per heavy atom. The maximum absolute atomic E-state index is 11.9. The standard InChI is InChI=1S/C17H10Cl2N4O4/c18-12-7-11(8-13(19)9-12)16-21-22-17(27-16)20-15(24)6-3-10-1-4-14(5-2-10)23(25)26/h1-9H,(H,20,22,24)/b6-3+. The molecule has 27 heavy (non-hydrogen) atoms. The summed E-state index contributed by atoms with van der Waals surface area (Å²) in [5, 5.41) is 21.4. The van der Waals surface area contributed by atoms with E-state index in [0.29, 0.717) is 21.2 Å². The molecule has 0 saturated carbocycles. The minimum absolute atomic E-state index is 0.0314. The Bertz CT molecular complexity index is 1010. The first-order chi connectivity index (χ1) is 12.9. The number of nitro benzene ring substituents is 1. The summed E-state index contributed by atoms with van der Waals surface area (Å²) in [5.41, 5.74) is 1.11. The van der Waals surface area contributed by atoms with Crippen molar-refractivity contribution < 1.29 is 14.1 Å². The largest absolute Gasteiger partial charge is 0.403 e. The monoisotopic (exact) mass is 404 g/mol. The van der Waals surface area contributed by atoms with Crippen molar-refractivity contribution in [3.63, 3.8) is 0 Å². The van der Waals surface area contributed by atoms with E-state index in [0.717, 1.165) is 0 Å². The van der Waals surface area contributed by atoms with Crippen molar-refractivity contribution >= 4 is 46.9 Å². The molecule has 0 fully saturated rings. The maximum Gasteiger partial charge on any atom is 0.322 e. The molecule has 1 N–H and O–H groups in total. The zero-order valence-electron chi connectivity index (χ0n) is 13.4. The van der Waals surface area contributed by atoms with Gasteiger partial charge in [-0.1, -0.05) is 28.3 Å². The third-order valence-electron chi connectivity index (χ3n) is 3.30. The van der Waals surface area contributed by atoms with Crippen molar-refractivity contribution in [2.45, 2.75) is 0 Å². The molecule has 0 aliphatic heterocycles. The van der Waals surface area contributed by atoms with Gasteiger partial charge >= 0.3 is 6.01 Å². The van der Waals surface area contributed by atoms with E-state index in [1.807, 2.05) is 0 Å². The second-order valence-corrected chi connectivity index (χ2v) is 6.11. The lowest BCUT2D eigenvalue weighted by atomic mass is 10.2. The molecule has 3 aromatic rings. The molecular formula is C17H10Cl2N4O4. The predicted molar refractivity (Wildman–Crippen MR) is 101 cm³/mol. The van der Waals surface area contributed by atoms with E-state index in [1.54, 1.807) is 18.2 Å². The van der Waals surface area contributed by atoms with E-state index in [2.05, 4.69) is 15.5 Å². The Morgan fingerprint density at radius 2 is 1.78 bits per heavy atom. The molecule has 0 spiro atoms. The van der Waals surface area contributed by atoms with E-state index >= 15 is 0 Å². The molecule has 1 heterocycles. The normalized spacial score (nSPS) is 10.9. The molecule has 0 atom stereocenters. The highest BCUT2D eigenvalue weighted by atomic mass is 35.5. The smallest absolute Gasteiger partial charge is 0.322 e. The summed E-state index contributed by atoms with van der Waals surface area (Å²) < 4.78 is 5.36. The van der Waals surface area contributed by atoms with Gasteiger partial charge in [-0.3, -0.25) is 20.2 Å². The Hall–Kier alpha value is -3.23. The number of nitrogens with one attached hydrogen (secondary N) is 1. The zero-order chi connectivity index (χ0) is 19.4. The van der Waals surface area contributed by atoms with Gasteiger partial charge in [-0.2, -0.15) is 0 Å². The SMILES string of the molecule is O=C(/C=C/c1ccc([N+](=O)[O-])cc1)Nc1nnc(-c2cc(Cl)cc(Cl)c2)o1. The lowest BCUT2D eigenvalue weighted by Gasteiger charge is -1.98. The van der Waals surface area contributed by atoms with Gasteiger partial charge in [0.25, 0.3) is 11.6 Å².